The summed E-state index contributed by atoms with van der Waals surface area (Å²) < 4.78 is 54.8. The van der Waals surface area contributed by atoms with Crippen LogP contribution >= 0.6 is 0 Å². The van der Waals surface area contributed by atoms with E-state index >= 15 is 0 Å². The van der Waals surface area contributed by atoms with Crippen molar-refractivity contribution >= 4 is 17.5 Å². The molecule has 2 aliphatic heterocycles. The zero-order valence-electron chi connectivity index (χ0n) is 18.9. The van der Waals surface area contributed by atoms with Crippen molar-refractivity contribution in [3.63, 3.8) is 0 Å². The van der Waals surface area contributed by atoms with Crippen molar-refractivity contribution in [2.24, 2.45) is 0 Å². The van der Waals surface area contributed by atoms with Crippen LogP contribution in [0.25, 0.3) is 0 Å². The van der Waals surface area contributed by atoms with E-state index in [1.807, 2.05) is 4.90 Å². The first-order valence-corrected chi connectivity index (χ1v) is 11.3. The highest BCUT2D eigenvalue weighted by Crippen LogP contribution is 2.35. The molecule has 0 radical (unpaired) electrons. The molecular weight excluding hydrogens is 454 g/mol. The number of carbonyl (C=O) groups is 2. The average molecular weight is 481 g/mol. The molecule has 2 fully saturated rings. The zero-order chi connectivity index (χ0) is 24.5. The summed E-state index contributed by atoms with van der Waals surface area (Å²) in [5.41, 5.74) is 0.753. The van der Waals surface area contributed by atoms with E-state index in [-0.39, 0.29) is 17.5 Å². The molecule has 0 spiro atoms. The number of benzene rings is 1. The first kappa shape index (κ1) is 24.2. The largest absolute Gasteiger partial charge is 0.416 e. The van der Waals surface area contributed by atoms with Crippen LogP contribution in [0.3, 0.4) is 0 Å². The van der Waals surface area contributed by atoms with E-state index < -0.39 is 17.9 Å². The fourth-order valence-electron chi connectivity index (χ4n) is 4.36. The number of nitrogens with zero attached hydrogens (tertiary/aromatic N) is 5. The van der Waals surface area contributed by atoms with Crippen LogP contribution in [-0.2, 0) is 12.7 Å². The van der Waals surface area contributed by atoms with Gasteiger partial charge in [0.15, 0.2) is 5.78 Å². The maximum atomic E-state index is 13.6. The fourth-order valence-corrected chi connectivity index (χ4v) is 4.36. The number of ketones is 1. The SMILES string of the molecule is CC(=O)c1ccn(C(=O)N2CCN(Cc3ccc(C(F)(F)F)cc3N3CCC(F)CC3)CC2)n1. The van der Waals surface area contributed by atoms with Gasteiger partial charge in [-0.05, 0) is 36.6 Å². The molecule has 0 bridgehead atoms. The van der Waals surface area contributed by atoms with Crippen LogP contribution in [0.2, 0.25) is 0 Å². The molecule has 3 heterocycles. The Hall–Kier alpha value is -2.95. The number of aromatic nitrogens is 2. The predicted octanol–water partition coefficient (Wildman–Crippen LogP) is 3.83. The van der Waals surface area contributed by atoms with Gasteiger partial charge in [0.05, 0.1) is 5.56 Å². The molecule has 0 N–H and O–H groups in total. The summed E-state index contributed by atoms with van der Waals surface area (Å²) in [6.45, 7) is 4.51. The highest BCUT2D eigenvalue weighted by atomic mass is 19.4. The number of Topliss-reactive ketones (excluding diaryl/α,β-unsaturated/α-hetero) is 1. The lowest BCUT2D eigenvalue weighted by Gasteiger charge is -2.36. The first-order valence-electron chi connectivity index (χ1n) is 11.3. The van der Waals surface area contributed by atoms with Crippen molar-refractivity contribution in [2.75, 3.05) is 44.2 Å². The molecule has 11 heteroatoms. The van der Waals surface area contributed by atoms with Crippen LogP contribution in [0.5, 0.6) is 0 Å². The molecule has 1 aromatic heterocycles. The molecule has 4 rings (SSSR count). The van der Waals surface area contributed by atoms with Gasteiger partial charge in [0, 0.05) is 64.6 Å². The Labute approximate surface area is 194 Å². The average Bonchev–Trinajstić information content (AvgIpc) is 3.30. The topological polar surface area (TPSA) is 61.7 Å². The highest BCUT2D eigenvalue weighted by molar-refractivity contribution is 5.92. The van der Waals surface area contributed by atoms with Gasteiger partial charge in [-0.1, -0.05) is 6.07 Å². The van der Waals surface area contributed by atoms with E-state index in [0.717, 1.165) is 22.4 Å². The molecule has 0 aliphatic carbocycles. The van der Waals surface area contributed by atoms with Gasteiger partial charge in [0.2, 0.25) is 0 Å². The Morgan fingerprint density at radius 1 is 1.03 bits per heavy atom. The Kier molecular flexibility index (Phi) is 6.92. The van der Waals surface area contributed by atoms with Crippen molar-refractivity contribution in [1.82, 2.24) is 19.6 Å². The smallest absolute Gasteiger partial charge is 0.371 e. The quantitative estimate of drug-likeness (QED) is 0.491. The summed E-state index contributed by atoms with van der Waals surface area (Å²) in [6.07, 6.45) is -3.31. The maximum Gasteiger partial charge on any atom is 0.416 e. The van der Waals surface area contributed by atoms with Gasteiger partial charge in [0.25, 0.3) is 0 Å². The maximum absolute atomic E-state index is 13.6. The molecule has 184 valence electrons. The number of amides is 1. The lowest BCUT2D eigenvalue weighted by molar-refractivity contribution is -0.137. The molecule has 0 atom stereocenters. The van der Waals surface area contributed by atoms with Crippen molar-refractivity contribution in [2.45, 2.75) is 38.7 Å². The number of hydrogen-bond acceptors (Lipinski definition) is 5. The molecular formula is C23H27F4N5O2. The van der Waals surface area contributed by atoms with Gasteiger partial charge in [-0.15, -0.1) is 0 Å². The van der Waals surface area contributed by atoms with Gasteiger partial charge in [-0.3, -0.25) is 9.69 Å². The van der Waals surface area contributed by atoms with Crippen LogP contribution in [0.4, 0.5) is 28.0 Å². The van der Waals surface area contributed by atoms with E-state index in [4.69, 9.17) is 0 Å². The number of alkyl halides is 4. The number of piperazine rings is 1. The van der Waals surface area contributed by atoms with E-state index in [0.29, 0.717) is 64.3 Å². The second-order valence-corrected chi connectivity index (χ2v) is 8.75. The van der Waals surface area contributed by atoms with Crippen molar-refractivity contribution < 1.29 is 27.2 Å². The molecule has 0 saturated carbocycles. The summed E-state index contributed by atoms with van der Waals surface area (Å²) in [7, 11) is 0. The summed E-state index contributed by atoms with van der Waals surface area (Å²) >= 11 is 0. The molecule has 0 unspecified atom stereocenters. The third kappa shape index (κ3) is 5.40. The van der Waals surface area contributed by atoms with Crippen LogP contribution in [0.1, 0.15) is 41.4 Å². The van der Waals surface area contributed by atoms with Crippen LogP contribution in [0.15, 0.2) is 30.5 Å². The van der Waals surface area contributed by atoms with Crippen LogP contribution in [0, 0.1) is 0 Å². The minimum Gasteiger partial charge on any atom is -0.371 e. The minimum absolute atomic E-state index is 0.221. The Morgan fingerprint density at radius 2 is 1.71 bits per heavy atom. The number of hydrogen-bond donors (Lipinski definition) is 0. The highest BCUT2D eigenvalue weighted by Gasteiger charge is 2.33. The number of carbonyl (C=O) groups excluding carboxylic acids is 2. The number of rotatable bonds is 4. The molecule has 2 aromatic rings. The van der Waals surface area contributed by atoms with E-state index in [1.54, 1.807) is 4.90 Å². The Balaban J connectivity index is 1.43. The first-order chi connectivity index (χ1) is 16.1. The summed E-state index contributed by atoms with van der Waals surface area (Å²) in [4.78, 5) is 29.6. The lowest BCUT2D eigenvalue weighted by atomic mass is 10.0. The number of anilines is 1. The minimum atomic E-state index is -4.45. The summed E-state index contributed by atoms with van der Waals surface area (Å²) in [5, 5.41) is 4.01. The fraction of sp³-hybridized carbons (Fsp3) is 0.522. The molecule has 1 aromatic carbocycles. The van der Waals surface area contributed by atoms with E-state index in [9.17, 15) is 27.2 Å². The van der Waals surface area contributed by atoms with E-state index in [2.05, 4.69) is 10.00 Å². The van der Waals surface area contributed by atoms with Crippen LogP contribution in [-0.4, -0.2) is 76.8 Å². The standard InChI is InChI=1S/C23H27F4N5O2/c1-16(33)20-6-9-32(28-20)22(34)31-12-10-29(11-13-31)15-17-2-3-18(23(25,26)27)14-21(17)30-7-4-19(24)5-8-30/h2-3,6,9,14,19H,4-5,7-8,10-13,15H2,1H3. The van der Waals surface area contributed by atoms with Gasteiger partial charge >= 0.3 is 12.2 Å². The van der Waals surface area contributed by atoms with Crippen molar-refractivity contribution in [3.05, 3.63) is 47.3 Å². The summed E-state index contributed by atoms with van der Waals surface area (Å²) in [5.74, 6) is -0.223. The number of halogens is 4. The second-order valence-electron chi connectivity index (χ2n) is 8.75. The molecule has 1 amide bonds. The van der Waals surface area contributed by atoms with Gasteiger partial charge in [-0.2, -0.15) is 23.0 Å². The second kappa shape index (κ2) is 9.73. The van der Waals surface area contributed by atoms with Gasteiger partial charge in [0.1, 0.15) is 11.9 Å². The van der Waals surface area contributed by atoms with Gasteiger partial charge in [-0.25, -0.2) is 9.18 Å². The molecule has 2 saturated heterocycles. The third-order valence-corrected chi connectivity index (χ3v) is 6.36. The third-order valence-electron chi connectivity index (χ3n) is 6.36. The number of piperidine rings is 1. The predicted molar refractivity (Wildman–Crippen MR) is 118 cm³/mol. The normalized spacial score (nSPS) is 18.4. The van der Waals surface area contributed by atoms with E-state index in [1.165, 1.54) is 25.3 Å². The summed E-state index contributed by atoms with van der Waals surface area (Å²) in [6, 6.07) is 4.93. The van der Waals surface area contributed by atoms with Crippen LogP contribution < -0.4 is 4.90 Å². The Bertz CT molecular complexity index is 1040. The zero-order valence-corrected chi connectivity index (χ0v) is 18.9. The molecule has 7 nitrogen and oxygen atoms in total. The molecule has 2 aliphatic rings. The lowest BCUT2D eigenvalue weighted by Crippen LogP contribution is -2.49. The molecule has 34 heavy (non-hydrogen) atoms. The van der Waals surface area contributed by atoms with Crippen molar-refractivity contribution in [1.29, 1.82) is 0 Å². The van der Waals surface area contributed by atoms with Gasteiger partial charge < -0.3 is 9.80 Å². The Morgan fingerprint density at radius 3 is 2.29 bits per heavy atom. The van der Waals surface area contributed by atoms with Crippen molar-refractivity contribution in [3.8, 4) is 0 Å². The monoisotopic (exact) mass is 481 g/mol.